The lowest BCUT2D eigenvalue weighted by Gasteiger charge is -2.12. The van der Waals surface area contributed by atoms with Crippen LogP contribution in [0.4, 0.5) is 5.69 Å². The highest BCUT2D eigenvalue weighted by Crippen LogP contribution is 2.21. The number of aryl methyl sites for hydroxylation is 2. The summed E-state index contributed by atoms with van der Waals surface area (Å²) in [6.07, 6.45) is 1.95. The molecule has 0 aliphatic heterocycles. The summed E-state index contributed by atoms with van der Waals surface area (Å²) in [7, 11) is 0. The molecule has 0 aromatic heterocycles. The summed E-state index contributed by atoms with van der Waals surface area (Å²) in [5.41, 5.74) is 2.76. The third-order valence-electron chi connectivity index (χ3n) is 4.40. The van der Waals surface area contributed by atoms with E-state index in [-0.39, 0.29) is 18.6 Å². The van der Waals surface area contributed by atoms with Crippen LogP contribution in [-0.4, -0.2) is 37.0 Å². The van der Waals surface area contributed by atoms with Gasteiger partial charge >= 0.3 is 5.97 Å². The minimum absolute atomic E-state index is 0.212. The number of carbonyl (C=O) groups is 3. The molecular weight excluding hydrogens is 372 g/mol. The molecule has 2 amide bonds. The average Bonchev–Trinajstić information content (AvgIpc) is 3.50. The largest absolute Gasteiger partial charge is 0.482 e. The molecule has 1 fully saturated rings. The summed E-state index contributed by atoms with van der Waals surface area (Å²) in [4.78, 5) is 36.3. The molecule has 152 valence electrons. The van der Waals surface area contributed by atoms with Gasteiger partial charge in [0.25, 0.3) is 11.8 Å². The van der Waals surface area contributed by atoms with Gasteiger partial charge in [0, 0.05) is 6.04 Å². The fourth-order valence-corrected chi connectivity index (χ4v) is 2.75. The number of hydrogen-bond acceptors (Lipinski definition) is 5. The lowest BCUT2D eigenvalue weighted by Crippen LogP contribution is -2.28. The molecule has 1 aliphatic carbocycles. The van der Waals surface area contributed by atoms with Gasteiger partial charge in [-0.1, -0.05) is 29.8 Å². The summed E-state index contributed by atoms with van der Waals surface area (Å²) < 4.78 is 10.4. The van der Waals surface area contributed by atoms with Crippen molar-refractivity contribution in [1.82, 2.24) is 5.32 Å². The first kappa shape index (κ1) is 20.4. The van der Waals surface area contributed by atoms with E-state index in [1.807, 2.05) is 26.0 Å². The number of amides is 2. The van der Waals surface area contributed by atoms with Gasteiger partial charge in [-0.2, -0.15) is 0 Å². The van der Waals surface area contributed by atoms with E-state index in [0.717, 1.165) is 24.0 Å². The smallest absolute Gasteiger partial charge is 0.344 e. The summed E-state index contributed by atoms with van der Waals surface area (Å²) in [6.45, 7) is 3.10. The molecule has 0 heterocycles. The Morgan fingerprint density at radius 1 is 1.03 bits per heavy atom. The van der Waals surface area contributed by atoms with E-state index in [9.17, 15) is 14.4 Å². The van der Waals surface area contributed by atoms with Crippen molar-refractivity contribution in [2.75, 3.05) is 18.5 Å². The van der Waals surface area contributed by atoms with E-state index >= 15 is 0 Å². The lowest BCUT2D eigenvalue weighted by molar-refractivity contribution is -0.149. The number of nitrogens with one attached hydrogen (secondary N) is 2. The number of para-hydroxylation sites is 1. The quantitative estimate of drug-likeness (QED) is 0.669. The maximum atomic E-state index is 12.3. The highest BCUT2D eigenvalue weighted by atomic mass is 16.6. The van der Waals surface area contributed by atoms with E-state index < -0.39 is 18.5 Å². The second-order valence-electron chi connectivity index (χ2n) is 7.06. The molecule has 7 heteroatoms. The normalized spacial score (nSPS) is 12.8. The maximum Gasteiger partial charge on any atom is 0.344 e. The second kappa shape index (κ2) is 9.23. The van der Waals surface area contributed by atoms with Gasteiger partial charge in [-0.05, 0) is 50.5 Å². The molecule has 0 unspecified atom stereocenters. The van der Waals surface area contributed by atoms with Crippen molar-refractivity contribution in [2.45, 2.75) is 32.7 Å². The first-order valence-electron chi connectivity index (χ1n) is 9.48. The topological polar surface area (TPSA) is 93.7 Å². The molecule has 0 radical (unpaired) electrons. The summed E-state index contributed by atoms with van der Waals surface area (Å²) >= 11 is 0. The Hall–Kier alpha value is -3.35. The van der Waals surface area contributed by atoms with Crippen molar-refractivity contribution in [1.29, 1.82) is 0 Å². The Labute approximate surface area is 169 Å². The van der Waals surface area contributed by atoms with Gasteiger partial charge < -0.3 is 20.1 Å². The Bertz CT molecular complexity index is 921. The molecule has 3 rings (SSSR count). The van der Waals surface area contributed by atoms with Crippen molar-refractivity contribution >= 4 is 23.5 Å². The summed E-state index contributed by atoms with van der Waals surface area (Å²) in [5.74, 6) is -0.828. The van der Waals surface area contributed by atoms with Crippen molar-refractivity contribution in [3.05, 3.63) is 59.2 Å². The zero-order valence-corrected chi connectivity index (χ0v) is 16.5. The minimum Gasteiger partial charge on any atom is -0.482 e. The molecule has 2 N–H and O–H groups in total. The van der Waals surface area contributed by atoms with E-state index in [1.54, 1.807) is 30.3 Å². The molecule has 2 aromatic carbocycles. The maximum absolute atomic E-state index is 12.3. The van der Waals surface area contributed by atoms with Crippen molar-refractivity contribution in [3.8, 4) is 5.75 Å². The van der Waals surface area contributed by atoms with Crippen LogP contribution < -0.4 is 15.4 Å². The standard InChI is InChI=1S/C22H24N2O5/c1-14-7-10-19(15(2)11-14)28-13-21(26)29-12-20(25)24-18-6-4-3-5-17(18)22(27)23-16-8-9-16/h3-7,10-11,16H,8-9,12-13H2,1-2H3,(H,23,27)(H,24,25). The monoisotopic (exact) mass is 396 g/mol. The predicted molar refractivity (Wildman–Crippen MR) is 108 cm³/mol. The van der Waals surface area contributed by atoms with E-state index in [1.165, 1.54) is 0 Å². The Morgan fingerprint density at radius 3 is 2.52 bits per heavy atom. The highest BCUT2D eigenvalue weighted by Gasteiger charge is 2.25. The van der Waals surface area contributed by atoms with Crippen LogP contribution in [0.1, 0.15) is 34.3 Å². The zero-order valence-electron chi connectivity index (χ0n) is 16.5. The van der Waals surface area contributed by atoms with Crippen molar-refractivity contribution in [3.63, 3.8) is 0 Å². The Morgan fingerprint density at radius 2 is 1.79 bits per heavy atom. The lowest BCUT2D eigenvalue weighted by atomic mass is 10.1. The molecule has 0 atom stereocenters. The molecule has 0 bridgehead atoms. The van der Waals surface area contributed by atoms with Gasteiger partial charge in [-0.15, -0.1) is 0 Å². The van der Waals surface area contributed by atoms with Crippen molar-refractivity contribution < 1.29 is 23.9 Å². The zero-order chi connectivity index (χ0) is 20.8. The van der Waals surface area contributed by atoms with Crippen LogP contribution in [-0.2, 0) is 14.3 Å². The first-order chi connectivity index (χ1) is 13.9. The molecule has 1 saturated carbocycles. The fraction of sp³-hybridized carbons (Fsp3) is 0.318. The Kier molecular flexibility index (Phi) is 6.49. The number of carbonyl (C=O) groups excluding carboxylic acids is 3. The van der Waals surface area contributed by atoms with Gasteiger partial charge in [0.15, 0.2) is 13.2 Å². The fourth-order valence-electron chi connectivity index (χ4n) is 2.75. The first-order valence-corrected chi connectivity index (χ1v) is 9.48. The minimum atomic E-state index is -0.653. The van der Waals surface area contributed by atoms with E-state index in [0.29, 0.717) is 17.0 Å². The number of anilines is 1. The number of rotatable bonds is 8. The Balaban J connectivity index is 1.47. The number of ether oxygens (including phenoxy) is 2. The van der Waals surface area contributed by atoms with Gasteiger partial charge in [0.05, 0.1) is 11.3 Å². The molecule has 29 heavy (non-hydrogen) atoms. The van der Waals surface area contributed by atoms with Crippen LogP contribution in [0.5, 0.6) is 5.75 Å². The van der Waals surface area contributed by atoms with Crippen LogP contribution in [0.25, 0.3) is 0 Å². The third-order valence-corrected chi connectivity index (χ3v) is 4.40. The highest BCUT2D eigenvalue weighted by molar-refractivity contribution is 6.04. The molecule has 0 spiro atoms. The molecule has 1 aliphatic rings. The number of benzene rings is 2. The van der Waals surface area contributed by atoms with Gasteiger partial charge in [-0.25, -0.2) is 4.79 Å². The average molecular weight is 396 g/mol. The second-order valence-corrected chi connectivity index (χ2v) is 7.06. The SMILES string of the molecule is Cc1ccc(OCC(=O)OCC(=O)Nc2ccccc2C(=O)NC2CC2)c(C)c1. The van der Waals surface area contributed by atoms with Gasteiger partial charge in [0.2, 0.25) is 0 Å². The van der Waals surface area contributed by atoms with E-state index in [2.05, 4.69) is 10.6 Å². The van der Waals surface area contributed by atoms with E-state index in [4.69, 9.17) is 9.47 Å². The summed E-state index contributed by atoms with van der Waals surface area (Å²) in [5, 5.41) is 5.49. The van der Waals surface area contributed by atoms with Crippen LogP contribution in [0.2, 0.25) is 0 Å². The number of esters is 1. The van der Waals surface area contributed by atoms with Gasteiger partial charge in [-0.3, -0.25) is 9.59 Å². The van der Waals surface area contributed by atoms with Crippen molar-refractivity contribution in [2.24, 2.45) is 0 Å². The molecule has 7 nitrogen and oxygen atoms in total. The summed E-state index contributed by atoms with van der Waals surface area (Å²) in [6, 6.07) is 12.5. The predicted octanol–water partition coefficient (Wildman–Crippen LogP) is 2.76. The molecule has 2 aromatic rings. The van der Waals surface area contributed by atoms with Crippen LogP contribution in [0.3, 0.4) is 0 Å². The van der Waals surface area contributed by atoms with Crippen LogP contribution in [0, 0.1) is 13.8 Å². The van der Waals surface area contributed by atoms with Gasteiger partial charge in [0.1, 0.15) is 5.75 Å². The van der Waals surface area contributed by atoms with Crippen LogP contribution in [0.15, 0.2) is 42.5 Å². The third kappa shape index (κ3) is 6.07. The van der Waals surface area contributed by atoms with Crippen LogP contribution >= 0.6 is 0 Å². The molecule has 0 saturated heterocycles. The molecular formula is C22H24N2O5. The number of hydrogen-bond donors (Lipinski definition) is 2.